The van der Waals surface area contributed by atoms with E-state index in [1.165, 1.54) is 5.57 Å². The molecule has 0 aromatic carbocycles. The monoisotopic (exact) mass is 383 g/mol. The summed E-state index contributed by atoms with van der Waals surface area (Å²) in [5.41, 5.74) is -0.384. The minimum absolute atomic E-state index is 0.0743. The van der Waals surface area contributed by atoms with Gasteiger partial charge in [-0.3, -0.25) is 4.98 Å². The van der Waals surface area contributed by atoms with Crippen molar-refractivity contribution in [3.8, 4) is 0 Å². The summed E-state index contributed by atoms with van der Waals surface area (Å²) in [6.45, 7) is 4.45. The lowest BCUT2D eigenvalue weighted by Gasteiger charge is -2.62. The molecule has 5 rings (SSSR count). The van der Waals surface area contributed by atoms with Gasteiger partial charge in [-0.15, -0.1) is 0 Å². The summed E-state index contributed by atoms with van der Waals surface area (Å²) in [6, 6.07) is 5.71. The Bertz CT molecular complexity index is 809. The predicted molar refractivity (Wildman–Crippen MR) is 107 cm³/mol. The van der Waals surface area contributed by atoms with Gasteiger partial charge in [0.15, 0.2) is 0 Å². The Balaban J connectivity index is 1.56. The van der Waals surface area contributed by atoms with Crippen LogP contribution in [0.15, 0.2) is 36.0 Å². The van der Waals surface area contributed by atoms with E-state index >= 15 is 0 Å². The highest BCUT2D eigenvalue weighted by Gasteiger charge is 2.71. The number of hydrogen-bond donors (Lipinski definition) is 3. The molecule has 0 radical (unpaired) electrons. The lowest BCUT2D eigenvalue weighted by Crippen LogP contribution is -2.63. The van der Waals surface area contributed by atoms with Crippen LogP contribution in [0, 0.1) is 22.7 Å². The quantitative estimate of drug-likeness (QED) is 0.647. The molecular weight excluding hydrogens is 350 g/mol. The van der Waals surface area contributed by atoms with Gasteiger partial charge in [-0.1, -0.05) is 31.6 Å². The number of allylic oxidation sites excluding steroid dienone is 1. The van der Waals surface area contributed by atoms with Crippen LogP contribution in [0.3, 0.4) is 0 Å². The van der Waals surface area contributed by atoms with Crippen molar-refractivity contribution in [3.05, 3.63) is 41.7 Å². The van der Waals surface area contributed by atoms with Crippen LogP contribution in [0.1, 0.15) is 70.9 Å². The van der Waals surface area contributed by atoms with Crippen molar-refractivity contribution < 1.29 is 15.3 Å². The van der Waals surface area contributed by atoms with E-state index in [9.17, 15) is 15.3 Å². The van der Waals surface area contributed by atoms with Crippen LogP contribution in [0.25, 0.3) is 0 Å². The fourth-order valence-corrected chi connectivity index (χ4v) is 7.64. The van der Waals surface area contributed by atoms with Crippen molar-refractivity contribution in [2.24, 2.45) is 22.7 Å². The molecule has 152 valence electrons. The van der Waals surface area contributed by atoms with Crippen molar-refractivity contribution in [2.45, 2.75) is 82.5 Å². The SMILES string of the molecule is C[C@]12CCC(O)CC1=CC[C@@H]1[C@H]2CC[C@]2(C)C(O)(c3ccccn3)CC[C@@]12O. The standard InChI is InChI=1S/C24H33NO3/c1-21-10-8-17(26)15-16(21)6-7-19-18(21)9-11-22(2)23(19,27)12-13-24(22,28)20-5-3-4-14-25-20/h3-6,14,17-19,26-28H,7-13,15H2,1-2H3/t17?,18-,19-,21+,22+,23-,24?/m1/s1. The number of hydrogen-bond acceptors (Lipinski definition) is 4. The lowest BCUT2D eigenvalue weighted by molar-refractivity contribution is -0.219. The molecule has 0 saturated heterocycles. The molecule has 3 N–H and O–H groups in total. The zero-order valence-electron chi connectivity index (χ0n) is 17.1. The zero-order valence-corrected chi connectivity index (χ0v) is 17.1. The van der Waals surface area contributed by atoms with Gasteiger partial charge >= 0.3 is 0 Å². The second kappa shape index (κ2) is 5.90. The molecule has 4 heteroatoms. The highest BCUT2D eigenvalue weighted by Crippen LogP contribution is 2.70. The summed E-state index contributed by atoms with van der Waals surface area (Å²) < 4.78 is 0. The predicted octanol–water partition coefficient (Wildman–Crippen LogP) is 3.71. The lowest BCUT2D eigenvalue weighted by atomic mass is 9.45. The molecule has 3 saturated carbocycles. The normalized spacial score (nSPS) is 50.3. The number of nitrogens with zero attached hydrogens (tertiary/aromatic N) is 1. The second-order valence-corrected chi connectivity index (χ2v) is 10.4. The average molecular weight is 384 g/mol. The van der Waals surface area contributed by atoms with Crippen LogP contribution in [0.5, 0.6) is 0 Å². The molecule has 7 atom stereocenters. The second-order valence-electron chi connectivity index (χ2n) is 10.4. The Morgan fingerprint density at radius 1 is 1.00 bits per heavy atom. The fourth-order valence-electron chi connectivity index (χ4n) is 7.64. The molecular formula is C24H33NO3. The Hall–Kier alpha value is -1.23. The molecule has 0 bridgehead atoms. The van der Waals surface area contributed by atoms with Gasteiger partial charge in [-0.25, -0.2) is 0 Å². The third kappa shape index (κ3) is 2.15. The highest BCUT2D eigenvalue weighted by molar-refractivity contribution is 5.32. The van der Waals surface area contributed by atoms with Gasteiger partial charge in [0, 0.05) is 11.6 Å². The summed E-state index contributed by atoms with van der Waals surface area (Å²) >= 11 is 0. The summed E-state index contributed by atoms with van der Waals surface area (Å²) in [5, 5.41) is 34.2. The topological polar surface area (TPSA) is 73.6 Å². The molecule has 0 aliphatic heterocycles. The zero-order chi connectivity index (χ0) is 19.8. The van der Waals surface area contributed by atoms with Crippen LogP contribution in [-0.4, -0.2) is 32.0 Å². The molecule has 4 nitrogen and oxygen atoms in total. The maximum absolute atomic E-state index is 12.2. The van der Waals surface area contributed by atoms with Crippen molar-refractivity contribution in [3.63, 3.8) is 0 Å². The van der Waals surface area contributed by atoms with E-state index in [4.69, 9.17) is 0 Å². The summed E-state index contributed by atoms with van der Waals surface area (Å²) in [7, 11) is 0. The first kappa shape index (κ1) is 18.8. The highest BCUT2D eigenvalue weighted by atomic mass is 16.3. The van der Waals surface area contributed by atoms with E-state index in [2.05, 4.69) is 24.9 Å². The first-order valence-electron chi connectivity index (χ1n) is 11.0. The van der Waals surface area contributed by atoms with Gasteiger partial charge in [0.2, 0.25) is 0 Å². The Morgan fingerprint density at radius 2 is 1.82 bits per heavy atom. The van der Waals surface area contributed by atoms with Crippen LogP contribution >= 0.6 is 0 Å². The van der Waals surface area contributed by atoms with E-state index < -0.39 is 16.6 Å². The fraction of sp³-hybridized carbons (Fsp3) is 0.708. The maximum atomic E-state index is 12.2. The largest absolute Gasteiger partial charge is 0.393 e. The van der Waals surface area contributed by atoms with Crippen molar-refractivity contribution in [1.82, 2.24) is 4.98 Å². The molecule has 1 heterocycles. The number of pyridine rings is 1. The molecule has 4 aliphatic carbocycles. The number of rotatable bonds is 1. The summed E-state index contributed by atoms with van der Waals surface area (Å²) in [5.74, 6) is 0.581. The Labute approximate surface area is 167 Å². The van der Waals surface area contributed by atoms with Gasteiger partial charge in [-0.2, -0.15) is 0 Å². The minimum Gasteiger partial charge on any atom is -0.393 e. The molecule has 4 aliphatic rings. The molecule has 1 aromatic heterocycles. The Morgan fingerprint density at radius 3 is 2.57 bits per heavy atom. The third-order valence-electron chi connectivity index (χ3n) is 9.50. The first-order valence-corrected chi connectivity index (χ1v) is 11.0. The van der Waals surface area contributed by atoms with E-state index in [0.29, 0.717) is 24.5 Å². The van der Waals surface area contributed by atoms with Crippen LogP contribution < -0.4 is 0 Å². The van der Waals surface area contributed by atoms with Gasteiger partial charge in [-0.05, 0) is 80.8 Å². The van der Waals surface area contributed by atoms with E-state index in [1.54, 1.807) is 6.20 Å². The molecule has 2 unspecified atom stereocenters. The molecule has 0 amide bonds. The molecule has 3 fully saturated rings. The van der Waals surface area contributed by atoms with Crippen LogP contribution in [0.4, 0.5) is 0 Å². The summed E-state index contributed by atoms with van der Waals surface area (Å²) in [4.78, 5) is 4.49. The Kier molecular flexibility index (Phi) is 3.96. The number of fused-ring (bicyclic) bond motifs is 5. The molecule has 0 spiro atoms. The van der Waals surface area contributed by atoms with Crippen molar-refractivity contribution in [1.29, 1.82) is 0 Å². The number of aliphatic hydroxyl groups excluding tert-OH is 1. The van der Waals surface area contributed by atoms with Gasteiger partial charge < -0.3 is 15.3 Å². The number of aromatic nitrogens is 1. The van der Waals surface area contributed by atoms with Crippen molar-refractivity contribution >= 4 is 0 Å². The van der Waals surface area contributed by atoms with Gasteiger partial charge in [0.1, 0.15) is 5.60 Å². The van der Waals surface area contributed by atoms with Crippen LogP contribution in [0.2, 0.25) is 0 Å². The number of aliphatic hydroxyl groups is 3. The minimum atomic E-state index is -1.08. The molecule has 1 aromatic rings. The van der Waals surface area contributed by atoms with E-state index in [1.807, 2.05) is 18.2 Å². The summed E-state index contributed by atoms with van der Waals surface area (Å²) in [6.07, 6.45) is 10.3. The van der Waals surface area contributed by atoms with Crippen molar-refractivity contribution in [2.75, 3.05) is 0 Å². The average Bonchev–Trinajstić information content (AvgIpc) is 2.91. The smallest absolute Gasteiger partial charge is 0.115 e. The first-order chi connectivity index (χ1) is 13.2. The van der Waals surface area contributed by atoms with Gasteiger partial charge in [0.05, 0.1) is 17.4 Å². The van der Waals surface area contributed by atoms with Crippen LogP contribution in [-0.2, 0) is 5.60 Å². The van der Waals surface area contributed by atoms with E-state index in [0.717, 1.165) is 38.5 Å². The maximum Gasteiger partial charge on any atom is 0.115 e. The van der Waals surface area contributed by atoms with E-state index in [-0.39, 0.29) is 17.4 Å². The van der Waals surface area contributed by atoms with Gasteiger partial charge in [0.25, 0.3) is 0 Å². The molecule has 28 heavy (non-hydrogen) atoms. The third-order valence-corrected chi connectivity index (χ3v) is 9.50.